The van der Waals surface area contributed by atoms with E-state index in [1.807, 2.05) is 42.5 Å². The van der Waals surface area contributed by atoms with E-state index in [2.05, 4.69) is 22.1 Å². The summed E-state index contributed by atoms with van der Waals surface area (Å²) in [5.74, 6) is 2.38. The highest BCUT2D eigenvalue weighted by Gasteiger charge is 2.28. The van der Waals surface area contributed by atoms with E-state index >= 15 is 0 Å². The third-order valence-corrected chi connectivity index (χ3v) is 5.46. The average Bonchev–Trinajstić information content (AvgIpc) is 2.66. The van der Waals surface area contributed by atoms with Gasteiger partial charge in [-0.25, -0.2) is 0 Å². The molecule has 4 rings (SSSR count). The van der Waals surface area contributed by atoms with Crippen molar-refractivity contribution >= 4 is 23.2 Å². The van der Waals surface area contributed by atoms with Crippen LogP contribution in [0.25, 0.3) is 0 Å². The molecule has 5 nitrogen and oxygen atoms in total. The lowest BCUT2D eigenvalue weighted by Gasteiger charge is -2.41. The van der Waals surface area contributed by atoms with E-state index in [0.29, 0.717) is 18.9 Å². The molecule has 0 aliphatic carbocycles. The number of nitrogens with zero attached hydrogens (tertiary/aromatic N) is 1. The van der Waals surface area contributed by atoms with Crippen LogP contribution in [0.2, 0.25) is 5.02 Å². The number of fused-ring (bicyclic) bond motifs is 1. The Morgan fingerprint density at radius 3 is 2.79 bits per heavy atom. The number of rotatable bonds is 7. The summed E-state index contributed by atoms with van der Waals surface area (Å²) in [6, 6.07) is 13.7. The van der Waals surface area contributed by atoms with E-state index in [-0.39, 0.29) is 5.91 Å². The van der Waals surface area contributed by atoms with Crippen LogP contribution in [0, 0.1) is 5.92 Å². The van der Waals surface area contributed by atoms with E-state index in [0.717, 1.165) is 53.9 Å². The van der Waals surface area contributed by atoms with E-state index in [1.165, 1.54) is 5.56 Å². The first-order valence-electron chi connectivity index (χ1n) is 9.54. The molecule has 2 aromatic rings. The first kappa shape index (κ1) is 18.7. The van der Waals surface area contributed by atoms with Crippen LogP contribution in [-0.4, -0.2) is 30.5 Å². The Morgan fingerprint density at radius 2 is 2.00 bits per heavy atom. The molecule has 0 saturated carbocycles. The van der Waals surface area contributed by atoms with Crippen molar-refractivity contribution in [3.63, 3.8) is 0 Å². The molecule has 2 aliphatic heterocycles. The molecule has 0 radical (unpaired) electrons. The summed E-state index contributed by atoms with van der Waals surface area (Å²) in [6.45, 7) is 7.43. The molecule has 28 heavy (non-hydrogen) atoms. The van der Waals surface area contributed by atoms with Crippen molar-refractivity contribution in [1.29, 1.82) is 0 Å². The maximum absolute atomic E-state index is 11.4. The van der Waals surface area contributed by atoms with Crippen LogP contribution in [0.15, 0.2) is 54.9 Å². The molecule has 2 aliphatic rings. The summed E-state index contributed by atoms with van der Waals surface area (Å²) in [7, 11) is 0. The van der Waals surface area contributed by atoms with Gasteiger partial charge in [-0.3, -0.25) is 4.79 Å². The van der Waals surface area contributed by atoms with Crippen molar-refractivity contribution < 1.29 is 9.53 Å². The Bertz CT molecular complexity index is 876. The Balaban J connectivity index is 1.19. The lowest BCUT2D eigenvalue weighted by atomic mass is 10.0. The van der Waals surface area contributed by atoms with Gasteiger partial charge in [-0.1, -0.05) is 30.3 Å². The number of carbonyl (C=O) groups excluding carboxylic acids is 1. The monoisotopic (exact) mass is 397 g/mol. The molecule has 0 atom stereocenters. The minimum atomic E-state index is 0.0839. The molecule has 2 aromatic carbocycles. The summed E-state index contributed by atoms with van der Waals surface area (Å²) < 4.78 is 5.97. The van der Waals surface area contributed by atoms with Crippen LogP contribution in [0.5, 0.6) is 5.75 Å². The summed E-state index contributed by atoms with van der Waals surface area (Å²) in [4.78, 5) is 13.7. The zero-order chi connectivity index (χ0) is 19.5. The number of hydrogen-bond acceptors (Lipinski definition) is 4. The second-order valence-electron chi connectivity index (χ2n) is 7.38. The number of anilines is 1. The summed E-state index contributed by atoms with van der Waals surface area (Å²) in [5.41, 5.74) is 3.23. The average molecular weight is 398 g/mol. The topological polar surface area (TPSA) is 53.6 Å². The molecular weight excluding hydrogens is 374 g/mol. The maximum atomic E-state index is 11.4. The van der Waals surface area contributed by atoms with Gasteiger partial charge >= 0.3 is 0 Å². The van der Waals surface area contributed by atoms with Gasteiger partial charge in [0.25, 0.3) is 0 Å². The SMILES string of the molecule is C=C(NCc1ccc(Cl)cc1)N1CC(COc2ccc3c(c2)CCC(=O)N3)C1. The van der Waals surface area contributed by atoms with Gasteiger partial charge in [0.15, 0.2) is 0 Å². The fourth-order valence-electron chi connectivity index (χ4n) is 3.48. The first-order chi connectivity index (χ1) is 13.6. The second kappa shape index (κ2) is 8.15. The van der Waals surface area contributed by atoms with Crippen LogP contribution in [0.1, 0.15) is 17.5 Å². The fraction of sp³-hybridized carbons (Fsp3) is 0.318. The van der Waals surface area contributed by atoms with Gasteiger partial charge in [0.1, 0.15) is 5.75 Å². The quantitative estimate of drug-likeness (QED) is 0.746. The van der Waals surface area contributed by atoms with Crippen LogP contribution in [0.4, 0.5) is 5.69 Å². The van der Waals surface area contributed by atoms with Gasteiger partial charge in [0.05, 0.1) is 12.4 Å². The highest BCUT2D eigenvalue weighted by molar-refractivity contribution is 6.30. The fourth-order valence-corrected chi connectivity index (χ4v) is 3.60. The predicted molar refractivity (Wildman–Crippen MR) is 111 cm³/mol. The number of benzene rings is 2. The highest BCUT2D eigenvalue weighted by Crippen LogP contribution is 2.28. The number of amides is 1. The molecule has 2 N–H and O–H groups in total. The molecule has 0 aromatic heterocycles. The summed E-state index contributed by atoms with van der Waals surface area (Å²) in [5, 5.41) is 7.01. The van der Waals surface area contributed by atoms with Crippen molar-refractivity contribution in [3.8, 4) is 5.75 Å². The van der Waals surface area contributed by atoms with E-state index in [9.17, 15) is 4.79 Å². The Labute approximate surface area is 170 Å². The molecule has 1 fully saturated rings. The van der Waals surface area contributed by atoms with Gasteiger partial charge in [0, 0.05) is 42.7 Å². The second-order valence-corrected chi connectivity index (χ2v) is 7.81. The third-order valence-electron chi connectivity index (χ3n) is 5.21. The zero-order valence-electron chi connectivity index (χ0n) is 15.7. The van der Waals surface area contributed by atoms with Crippen LogP contribution in [0.3, 0.4) is 0 Å². The van der Waals surface area contributed by atoms with Crippen molar-refractivity contribution in [2.75, 3.05) is 25.0 Å². The van der Waals surface area contributed by atoms with Gasteiger partial charge < -0.3 is 20.3 Å². The van der Waals surface area contributed by atoms with Crippen molar-refractivity contribution in [2.24, 2.45) is 5.92 Å². The third kappa shape index (κ3) is 4.42. The lowest BCUT2D eigenvalue weighted by molar-refractivity contribution is -0.116. The molecule has 1 amide bonds. The Kier molecular flexibility index (Phi) is 5.44. The lowest BCUT2D eigenvalue weighted by Crippen LogP contribution is -2.50. The zero-order valence-corrected chi connectivity index (χ0v) is 16.5. The first-order valence-corrected chi connectivity index (χ1v) is 9.92. The van der Waals surface area contributed by atoms with Gasteiger partial charge in [-0.05, 0) is 47.9 Å². The minimum absolute atomic E-state index is 0.0839. The van der Waals surface area contributed by atoms with Crippen molar-refractivity contribution in [1.82, 2.24) is 10.2 Å². The highest BCUT2D eigenvalue weighted by atomic mass is 35.5. The largest absolute Gasteiger partial charge is 0.493 e. The molecule has 0 unspecified atom stereocenters. The molecule has 2 heterocycles. The minimum Gasteiger partial charge on any atom is -0.493 e. The van der Waals surface area contributed by atoms with E-state index < -0.39 is 0 Å². The van der Waals surface area contributed by atoms with Crippen LogP contribution < -0.4 is 15.4 Å². The number of likely N-dealkylation sites (tertiary alicyclic amines) is 1. The Morgan fingerprint density at radius 1 is 1.21 bits per heavy atom. The number of hydrogen-bond donors (Lipinski definition) is 2. The molecule has 1 saturated heterocycles. The normalized spacial score (nSPS) is 16.0. The number of carbonyl (C=O) groups is 1. The van der Waals surface area contributed by atoms with E-state index in [4.69, 9.17) is 16.3 Å². The summed E-state index contributed by atoms with van der Waals surface area (Å²) >= 11 is 5.91. The molecule has 6 heteroatoms. The predicted octanol–water partition coefficient (Wildman–Crippen LogP) is 3.80. The number of nitrogens with one attached hydrogen (secondary N) is 2. The molecule has 0 bridgehead atoms. The van der Waals surface area contributed by atoms with E-state index in [1.54, 1.807) is 0 Å². The number of ether oxygens (including phenoxy) is 1. The van der Waals surface area contributed by atoms with Crippen LogP contribution in [-0.2, 0) is 17.8 Å². The standard InChI is InChI=1S/C22H24ClN3O2/c1-15(24-11-16-2-5-19(23)6-3-16)26-12-17(13-26)14-28-20-7-8-21-18(10-20)4-9-22(27)25-21/h2-3,5-8,10,17,24H,1,4,9,11-14H2,(H,25,27). The van der Waals surface area contributed by atoms with Gasteiger partial charge in [-0.2, -0.15) is 0 Å². The molecule has 146 valence electrons. The number of aryl methyl sites for hydroxylation is 1. The van der Waals surface area contributed by atoms with Crippen molar-refractivity contribution in [3.05, 3.63) is 71.0 Å². The Hall–Kier alpha value is -2.66. The van der Waals surface area contributed by atoms with Gasteiger partial charge in [0.2, 0.25) is 5.91 Å². The van der Waals surface area contributed by atoms with Crippen molar-refractivity contribution in [2.45, 2.75) is 19.4 Å². The number of halogens is 1. The molecular formula is C22H24ClN3O2. The summed E-state index contributed by atoms with van der Waals surface area (Å²) in [6.07, 6.45) is 1.31. The molecule has 0 spiro atoms. The maximum Gasteiger partial charge on any atom is 0.224 e. The van der Waals surface area contributed by atoms with Crippen LogP contribution >= 0.6 is 11.6 Å². The van der Waals surface area contributed by atoms with Gasteiger partial charge in [-0.15, -0.1) is 0 Å². The smallest absolute Gasteiger partial charge is 0.224 e.